The lowest BCUT2D eigenvalue weighted by Crippen LogP contribution is -2.38. The summed E-state index contributed by atoms with van der Waals surface area (Å²) >= 11 is 0. The van der Waals surface area contributed by atoms with Crippen molar-refractivity contribution in [2.24, 2.45) is 11.5 Å². The number of hydrogen-bond donors (Lipinski definition) is 3. The summed E-state index contributed by atoms with van der Waals surface area (Å²) in [5, 5.41) is 3.15. The van der Waals surface area contributed by atoms with Crippen LogP contribution in [-0.4, -0.2) is 50.6 Å². The fraction of sp³-hybridized carbons (Fsp3) is 1.00. The van der Waals surface area contributed by atoms with E-state index >= 15 is 0 Å². The molecule has 0 bridgehead atoms. The average molecular weight is 232 g/mol. The van der Waals surface area contributed by atoms with Crippen LogP contribution in [0, 0.1) is 0 Å². The molecule has 5 N–H and O–H groups in total. The quantitative estimate of drug-likeness (QED) is 0.441. The van der Waals surface area contributed by atoms with Crippen LogP contribution in [0.3, 0.4) is 0 Å². The fourth-order valence-electron chi connectivity index (χ4n) is 0.978. The highest BCUT2D eigenvalue weighted by atomic mass is 16.6. The first kappa shape index (κ1) is 15.8. The lowest BCUT2D eigenvalue weighted by Gasteiger charge is -2.16. The average Bonchev–Trinajstić information content (AvgIpc) is 3.09. The van der Waals surface area contributed by atoms with Gasteiger partial charge in [0.2, 0.25) is 0 Å². The first-order valence-corrected chi connectivity index (χ1v) is 6.03. The Bertz CT molecular complexity index is 162. The number of ether oxygens (including phenoxy) is 1. The smallest absolute Gasteiger partial charge is 0.0934 e. The molecule has 0 aromatic carbocycles. The van der Waals surface area contributed by atoms with Crippen LogP contribution in [0.4, 0.5) is 0 Å². The van der Waals surface area contributed by atoms with Gasteiger partial charge in [0, 0.05) is 6.54 Å². The normalized spacial score (nSPS) is 22.3. The van der Waals surface area contributed by atoms with Gasteiger partial charge < -0.3 is 16.2 Å². The predicted octanol–water partition coefficient (Wildman–Crippen LogP) is -0.0876. The van der Waals surface area contributed by atoms with Crippen molar-refractivity contribution in [2.75, 3.05) is 27.2 Å². The molecule has 16 heavy (non-hydrogen) atoms. The molecule has 1 saturated heterocycles. The number of rotatable bonds is 6. The molecular formula is C11H28N4O. The summed E-state index contributed by atoms with van der Waals surface area (Å²) in [4.78, 5) is 2.00. The Labute approximate surface area is 99.5 Å². The maximum Gasteiger partial charge on any atom is 0.0934 e. The van der Waals surface area contributed by atoms with Crippen molar-refractivity contribution in [1.29, 1.82) is 0 Å². The Morgan fingerprint density at radius 1 is 1.31 bits per heavy atom. The van der Waals surface area contributed by atoms with Gasteiger partial charge in [-0.2, -0.15) is 0 Å². The second-order valence-corrected chi connectivity index (χ2v) is 4.32. The van der Waals surface area contributed by atoms with Gasteiger partial charge in [-0.15, -0.1) is 0 Å². The zero-order valence-corrected chi connectivity index (χ0v) is 11.1. The van der Waals surface area contributed by atoms with Crippen LogP contribution in [-0.2, 0) is 4.74 Å². The molecule has 1 heterocycles. The van der Waals surface area contributed by atoms with E-state index in [9.17, 15) is 0 Å². The van der Waals surface area contributed by atoms with E-state index < -0.39 is 0 Å². The maximum absolute atomic E-state index is 5.58. The Balaban J connectivity index is 0.000000293. The number of nitrogens with two attached hydrogens (primary N) is 2. The molecule has 3 atom stereocenters. The van der Waals surface area contributed by atoms with Gasteiger partial charge in [-0.1, -0.05) is 13.8 Å². The molecule has 0 amide bonds. The summed E-state index contributed by atoms with van der Waals surface area (Å²) in [6.07, 6.45) is 2.83. The van der Waals surface area contributed by atoms with E-state index in [1.165, 1.54) is 0 Å². The standard InChI is InChI=1S/C6H14N2O.C5H14N2/c1-2-6(7)8-3-5-4-9-5;1-4-5(6)7(2)3/h5-6,8H,2-4,7H2,1H3;5H,4,6H2,1-3H3. The van der Waals surface area contributed by atoms with Crippen LogP contribution in [0.2, 0.25) is 0 Å². The Morgan fingerprint density at radius 2 is 1.88 bits per heavy atom. The summed E-state index contributed by atoms with van der Waals surface area (Å²) in [7, 11) is 3.96. The van der Waals surface area contributed by atoms with Gasteiger partial charge in [-0.05, 0) is 26.9 Å². The molecule has 0 saturated carbocycles. The molecule has 0 aromatic heterocycles. The Hall–Kier alpha value is -0.200. The van der Waals surface area contributed by atoms with E-state index in [0.29, 0.717) is 6.10 Å². The van der Waals surface area contributed by atoms with Crippen molar-refractivity contribution < 1.29 is 4.74 Å². The molecule has 1 aliphatic rings. The van der Waals surface area contributed by atoms with E-state index in [0.717, 1.165) is 26.0 Å². The molecule has 0 aromatic rings. The van der Waals surface area contributed by atoms with Crippen molar-refractivity contribution in [2.45, 2.75) is 45.1 Å². The van der Waals surface area contributed by atoms with Crippen LogP contribution < -0.4 is 16.8 Å². The summed E-state index contributed by atoms with van der Waals surface area (Å²) in [5.41, 5.74) is 11.1. The Kier molecular flexibility index (Phi) is 8.78. The largest absolute Gasteiger partial charge is 0.372 e. The van der Waals surface area contributed by atoms with Crippen molar-refractivity contribution in [3.05, 3.63) is 0 Å². The monoisotopic (exact) mass is 232 g/mol. The van der Waals surface area contributed by atoms with Crippen molar-refractivity contribution in [3.8, 4) is 0 Å². The predicted molar refractivity (Wildman–Crippen MR) is 68.0 cm³/mol. The van der Waals surface area contributed by atoms with Crippen molar-refractivity contribution >= 4 is 0 Å². The summed E-state index contributed by atoms with van der Waals surface area (Å²) in [6, 6.07) is 0. The fourth-order valence-corrected chi connectivity index (χ4v) is 0.978. The molecule has 1 fully saturated rings. The van der Waals surface area contributed by atoms with E-state index in [1.807, 2.05) is 19.0 Å². The summed E-state index contributed by atoms with van der Waals surface area (Å²) in [6.45, 7) is 5.95. The van der Waals surface area contributed by atoms with Gasteiger partial charge in [-0.25, -0.2) is 0 Å². The van der Waals surface area contributed by atoms with Crippen LogP contribution >= 0.6 is 0 Å². The minimum atomic E-state index is 0.147. The molecule has 1 rings (SSSR count). The van der Waals surface area contributed by atoms with Gasteiger partial charge in [0.25, 0.3) is 0 Å². The number of nitrogens with one attached hydrogen (secondary N) is 1. The first-order chi connectivity index (χ1) is 7.51. The summed E-state index contributed by atoms with van der Waals surface area (Å²) in [5.74, 6) is 0. The number of hydrogen-bond acceptors (Lipinski definition) is 5. The van der Waals surface area contributed by atoms with Crippen LogP contribution in [0.5, 0.6) is 0 Å². The molecule has 0 radical (unpaired) electrons. The highest BCUT2D eigenvalue weighted by molar-refractivity contribution is 4.72. The molecule has 1 aliphatic heterocycles. The van der Waals surface area contributed by atoms with Gasteiger partial charge in [-0.3, -0.25) is 10.2 Å². The lowest BCUT2D eigenvalue weighted by atomic mass is 10.3. The Morgan fingerprint density at radius 3 is 2.12 bits per heavy atom. The van der Waals surface area contributed by atoms with Gasteiger partial charge in [0.05, 0.1) is 25.0 Å². The van der Waals surface area contributed by atoms with E-state index in [2.05, 4.69) is 19.2 Å². The van der Waals surface area contributed by atoms with E-state index in [1.54, 1.807) is 0 Å². The number of epoxide rings is 1. The third-order valence-electron chi connectivity index (χ3n) is 2.53. The topological polar surface area (TPSA) is 79.8 Å². The van der Waals surface area contributed by atoms with Crippen LogP contribution in [0.15, 0.2) is 0 Å². The minimum absolute atomic E-state index is 0.147. The maximum atomic E-state index is 5.58. The SMILES string of the molecule is CCC(N)N(C)C.CCC(N)NCC1CO1. The molecule has 5 heteroatoms. The number of nitrogens with zero attached hydrogens (tertiary/aromatic N) is 1. The third kappa shape index (κ3) is 9.06. The molecular weight excluding hydrogens is 204 g/mol. The van der Waals surface area contributed by atoms with Gasteiger partial charge >= 0.3 is 0 Å². The second-order valence-electron chi connectivity index (χ2n) is 4.32. The molecule has 3 unspecified atom stereocenters. The van der Waals surface area contributed by atoms with Gasteiger partial charge in [0.15, 0.2) is 0 Å². The molecule has 0 aliphatic carbocycles. The van der Waals surface area contributed by atoms with Crippen LogP contribution in [0.1, 0.15) is 26.7 Å². The minimum Gasteiger partial charge on any atom is -0.372 e. The van der Waals surface area contributed by atoms with Crippen molar-refractivity contribution in [1.82, 2.24) is 10.2 Å². The second kappa shape index (κ2) is 8.90. The highest BCUT2D eigenvalue weighted by Gasteiger charge is 2.21. The third-order valence-corrected chi connectivity index (χ3v) is 2.53. The van der Waals surface area contributed by atoms with Crippen LogP contribution in [0.25, 0.3) is 0 Å². The summed E-state index contributed by atoms with van der Waals surface area (Å²) < 4.78 is 4.99. The highest BCUT2D eigenvalue weighted by Crippen LogP contribution is 2.06. The van der Waals surface area contributed by atoms with E-state index in [4.69, 9.17) is 16.2 Å². The molecule has 5 nitrogen and oxygen atoms in total. The van der Waals surface area contributed by atoms with Gasteiger partial charge in [0.1, 0.15) is 0 Å². The van der Waals surface area contributed by atoms with Crippen molar-refractivity contribution in [3.63, 3.8) is 0 Å². The lowest BCUT2D eigenvalue weighted by molar-refractivity contribution is 0.293. The first-order valence-electron chi connectivity index (χ1n) is 6.03. The molecule has 0 spiro atoms. The zero-order chi connectivity index (χ0) is 12.6. The zero-order valence-electron chi connectivity index (χ0n) is 11.1. The van der Waals surface area contributed by atoms with E-state index in [-0.39, 0.29) is 12.3 Å². The molecule has 98 valence electrons.